The minimum atomic E-state index is -0.443. The van der Waals surface area contributed by atoms with Gasteiger partial charge in [0.1, 0.15) is 12.4 Å². The number of ether oxygens (including phenoxy) is 2. The summed E-state index contributed by atoms with van der Waals surface area (Å²) in [5.74, 6) is 0.660. The third-order valence-electron chi connectivity index (χ3n) is 4.58. The number of methoxy groups -OCH3 is 2. The fourth-order valence-corrected chi connectivity index (χ4v) is 2.69. The van der Waals surface area contributed by atoms with Crippen LogP contribution in [0.3, 0.4) is 0 Å². The Bertz CT molecular complexity index is 780. The zero-order valence-electron chi connectivity index (χ0n) is 15.9. The summed E-state index contributed by atoms with van der Waals surface area (Å²) in [7, 11) is 5.13. The first-order chi connectivity index (χ1) is 12.4. The summed E-state index contributed by atoms with van der Waals surface area (Å²) in [6.07, 6.45) is 0. The van der Waals surface area contributed by atoms with Crippen molar-refractivity contribution in [3.63, 3.8) is 0 Å². The van der Waals surface area contributed by atoms with Gasteiger partial charge in [-0.05, 0) is 43.7 Å². The van der Waals surface area contributed by atoms with Gasteiger partial charge in [-0.1, -0.05) is 12.1 Å². The fraction of sp³-hybridized carbons (Fsp3) is 0.350. The van der Waals surface area contributed by atoms with Crippen molar-refractivity contribution >= 4 is 11.6 Å². The number of aryl methyl sites for hydroxylation is 1. The highest BCUT2D eigenvalue weighted by Crippen LogP contribution is 2.29. The molecule has 2 rings (SSSR count). The maximum absolute atomic E-state index is 13.7. The lowest BCUT2D eigenvalue weighted by atomic mass is 10.1. The summed E-state index contributed by atoms with van der Waals surface area (Å²) >= 11 is 0. The van der Waals surface area contributed by atoms with Crippen LogP contribution in [-0.2, 0) is 11.3 Å². The lowest BCUT2D eigenvalue weighted by Gasteiger charge is -2.22. The van der Waals surface area contributed by atoms with Crippen LogP contribution in [0.25, 0.3) is 0 Å². The lowest BCUT2D eigenvalue weighted by Crippen LogP contribution is -3.12. The number of benzene rings is 2. The molecule has 0 heterocycles. The Kier molecular flexibility index (Phi) is 6.58. The molecule has 1 unspecified atom stereocenters. The van der Waals surface area contributed by atoms with Crippen molar-refractivity contribution in [1.29, 1.82) is 0 Å². The fourth-order valence-electron chi connectivity index (χ4n) is 2.69. The number of hydrogen-bond donors (Lipinski definition) is 2. The molecule has 0 bridgehead atoms. The van der Waals surface area contributed by atoms with E-state index in [0.717, 1.165) is 16.0 Å². The molecule has 0 radical (unpaired) electrons. The first-order valence-corrected chi connectivity index (χ1v) is 8.46. The monoisotopic (exact) mass is 361 g/mol. The van der Waals surface area contributed by atoms with Crippen LogP contribution < -0.4 is 19.7 Å². The molecule has 5 nitrogen and oxygen atoms in total. The van der Waals surface area contributed by atoms with Gasteiger partial charge in [-0.15, -0.1) is 0 Å². The number of anilines is 1. The van der Waals surface area contributed by atoms with E-state index in [0.29, 0.717) is 18.0 Å². The van der Waals surface area contributed by atoms with Crippen LogP contribution in [0.15, 0.2) is 36.4 Å². The topological polar surface area (TPSA) is 52.0 Å². The van der Waals surface area contributed by atoms with Gasteiger partial charge >= 0.3 is 0 Å². The molecular weight excluding hydrogens is 335 g/mol. The Hall–Kier alpha value is -2.60. The third kappa shape index (κ3) is 4.52. The van der Waals surface area contributed by atoms with Gasteiger partial charge in [0.05, 0.1) is 27.0 Å². The van der Waals surface area contributed by atoms with Crippen molar-refractivity contribution in [3.8, 4) is 11.5 Å². The van der Waals surface area contributed by atoms with Crippen LogP contribution >= 0.6 is 0 Å². The second-order valence-corrected chi connectivity index (χ2v) is 6.35. The summed E-state index contributed by atoms with van der Waals surface area (Å²) < 4.78 is 24.4. The van der Waals surface area contributed by atoms with Crippen LogP contribution in [0, 0.1) is 12.7 Å². The molecule has 0 aliphatic rings. The molecule has 2 N–H and O–H groups in total. The molecule has 140 valence electrons. The molecule has 0 aliphatic carbocycles. The number of para-hydroxylation sites is 1. The van der Waals surface area contributed by atoms with Crippen LogP contribution in [0.1, 0.15) is 18.1 Å². The van der Waals surface area contributed by atoms with E-state index >= 15 is 0 Å². The van der Waals surface area contributed by atoms with Crippen molar-refractivity contribution in [2.45, 2.75) is 26.4 Å². The minimum Gasteiger partial charge on any atom is -0.493 e. The number of amides is 1. The highest BCUT2D eigenvalue weighted by Gasteiger charge is 2.24. The summed E-state index contributed by atoms with van der Waals surface area (Å²) in [6, 6.07) is 9.64. The molecule has 0 aromatic heterocycles. The van der Waals surface area contributed by atoms with Gasteiger partial charge in [0, 0.05) is 5.56 Å². The van der Waals surface area contributed by atoms with Crippen molar-refractivity contribution < 1.29 is 23.6 Å². The molecule has 0 saturated heterocycles. The number of nitrogens with one attached hydrogen (secondary N) is 2. The van der Waals surface area contributed by atoms with E-state index in [1.165, 1.54) is 6.07 Å². The number of carbonyl (C=O) groups is 1. The third-order valence-corrected chi connectivity index (χ3v) is 4.58. The van der Waals surface area contributed by atoms with E-state index in [1.54, 1.807) is 32.4 Å². The predicted molar refractivity (Wildman–Crippen MR) is 99.4 cm³/mol. The van der Waals surface area contributed by atoms with Crippen molar-refractivity contribution in [3.05, 3.63) is 53.3 Å². The van der Waals surface area contributed by atoms with E-state index in [4.69, 9.17) is 9.47 Å². The van der Waals surface area contributed by atoms with Gasteiger partial charge in [-0.25, -0.2) is 4.39 Å². The van der Waals surface area contributed by atoms with Crippen molar-refractivity contribution in [2.24, 2.45) is 0 Å². The largest absolute Gasteiger partial charge is 0.493 e. The molecular formula is C20H26FN2O3+. The average Bonchev–Trinajstić information content (AvgIpc) is 2.63. The SMILES string of the molecule is COc1cc(C)c(C[NH+](C)[C@H](C)C(=O)Nc2ccccc2F)cc1OC. The van der Waals surface area contributed by atoms with Gasteiger partial charge in [0.2, 0.25) is 0 Å². The molecule has 0 aliphatic heterocycles. The molecule has 2 aromatic rings. The van der Waals surface area contributed by atoms with Crippen LogP contribution in [-0.4, -0.2) is 33.2 Å². The normalized spacial score (nSPS) is 13.0. The van der Waals surface area contributed by atoms with Crippen molar-refractivity contribution in [2.75, 3.05) is 26.6 Å². The van der Waals surface area contributed by atoms with Gasteiger partial charge in [0.15, 0.2) is 17.5 Å². The number of likely N-dealkylation sites (N-methyl/N-ethyl adjacent to an activating group) is 1. The molecule has 2 aromatic carbocycles. The first-order valence-electron chi connectivity index (χ1n) is 8.46. The second kappa shape index (κ2) is 8.67. The van der Waals surface area contributed by atoms with E-state index in [9.17, 15) is 9.18 Å². The Morgan fingerprint density at radius 3 is 2.42 bits per heavy atom. The summed E-state index contributed by atoms with van der Waals surface area (Å²) in [6.45, 7) is 4.44. The molecule has 0 fully saturated rings. The van der Waals surface area contributed by atoms with Gasteiger partial charge in [0.25, 0.3) is 5.91 Å². The Labute approximate surface area is 153 Å². The highest BCUT2D eigenvalue weighted by molar-refractivity contribution is 5.93. The van der Waals surface area contributed by atoms with Gasteiger partial charge in [-0.3, -0.25) is 4.79 Å². The number of hydrogen-bond acceptors (Lipinski definition) is 3. The number of quaternary nitrogens is 1. The Balaban J connectivity index is 2.10. The second-order valence-electron chi connectivity index (χ2n) is 6.35. The predicted octanol–water partition coefficient (Wildman–Crippen LogP) is 2.19. The molecule has 1 amide bonds. The molecule has 0 saturated carbocycles. The quantitative estimate of drug-likeness (QED) is 0.795. The summed E-state index contributed by atoms with van der Waals surface area (Å²) in [4.78, 5) is 13.4. The number of rotatable bonds is 7. The van der Waals surface area contributed by atoms with E-state index in [1.807, 2.05) is 33.0 Å². The highest BCUT2D eigenvalue weighted by atomic mass is 19.1. The maximum atomic E-state index is 13.7. The van der Waals surface area contributed by atoms with Crippen molar-refractivity contribution in [1.82, 2.24) is 0 Å². The zero-order chi connectivity index (χ0) is 19.3. The van der Waals surface area contributed by atoms with Gasteiger partial charge < -0.3 is 19.7 Å². The first kappa shape index (κ1) is 19.7. The molecule has 2 atom stereocenters. The zero-order valence-corrected chi connectivity index (χ0v) is 15.9. The maximum Gasteiger partial charge on any atom is 0.282 e. The Morgan fingerprint density at radius 1 is 1.19 bits per heavy atom. The van der Waals surface area contributed by atoms with E-state index in [-0.39, 0.29) is 17.6 Å². The lowest BCUT2D eigenvalue weighted by molar-refractivity contribution is -0.907. The molecule has 6 heteroatoms. The molecule has 26 heavy (non-hydrogen) atoms. The number of carbonyl (C=O) groups excluding carboxylic acids is 1. The average molecular weight is 361 g/mol. The summed E-state index contributed by atoms with van der Waals surface area (Å²) in [5, 5.41) is 2.65. The van der Waals surface area contributed by atoms with Gasteiger partial charge in [-0.2, -0.15) is 0 Å². The smallest absolute Gasteiger partial charge is 0.282 e. The Morgan fingerprint density at radius 2 is 1.81 bits per heavy atom. The van der Waals surface area contributed by atoms with E-state index < -0.39 is 5.82 Å². The minimum absolute atomic E-state index is 0.194. The van der Waals surface area contributed by atoms with Crippen LogP contribution in [0.5, 0.6) is 11.5 Å². The number of halogens is 1. The van der Waals surface area contributed by atoms with Crippen LogP contribution in [0.4, 0.5) is 10.1 Å². The summed E-state index contributed by atoms with van der Waals surface area (Å²) in [5.41, 5.74) is 2.31. The standard InChI is InChI=1S/C20H25FN2O3/c1-13-10-18(25-4)19(26-5)11-15(13)12-23(3)14(2)20(24)22-17-9-7-6-8-16(17)21/h6-11,14H,12H2,1-5H3,(H,22,24)/p+1/t14-/m1/s1. The van der Waals surface area contributed by atoms with E-state index in [2.05, 4.69) is 5.32 Å². The molecule has 0 spiro atoms. The van der Waals surface area contributed by atoms with Crippen LogP contribution in [0.2, 0.25) is 0 Å².